The van der Waals surface area contributed by atoms with Crippen molar-refractivity contribution < 1.29 is 14.6 Å². The summed E-state index contributed by atoms with van der Waals surface area (Å²) < 4.78 is 5.81. The van der Waals surface area contributed by atoms with Gasteiger partial charge in [0.25, 0.3) is 0 Å². The van der Waals surface area contributed by atoms with Crippen molar-refractivity contribution in [1.82, 2.24) is 4.90 Å². The number of aromatic hydroxyl groups is 1. The summed E-state index contributed by atoms with van der Waals surface area (Å²) in [6.45, 7) is 5.48. The van der Waals surface area contributed by atoms with E-state index in [1.165, 1.54) is 11.1 Å². The first-order valence-electron chi connectivity index (χ1n) is 12.8. The maximum atomic E-state index is 12.9. The highest BCUT2D eigenvalue weighted by molar-refractivity contribution is 5.97. The minimum absolute atomic E-state index is 0.0907. The first-order valence-corrected chi connectivity index (χ1v) is 12.8. The van der Waals surface area contributed by atoms with E-state index in [9.17, 15) is 9.90 Å². The van der Waals surface area contributed by atoms with Gasteiger partial charge in [-0.2, -0.15) is 0 Å². The van der Waals surface area contributed by atoms with Crippen LogP contribution >= 0.6 is 0 Å². The molecule has 0 aromatic heterocycles. The van der Waals surface area contributed by atoms with E-state index in [-0.39, 0.29) is 11.5 Å². The number of hydrogen-bond donors (Lipinski definition) is 1. The number of phenols is 1. The summed E-state index contributed by atoms with van der Waals surface area (Å²) in [4.78, 5) is 15.2. The van der Waals surface area contributed by atoms with E-state index in [0.717, 1.165) is 70.4 Å². The number of phenolic OH excluding ortho intramolecular Hbond substituents is 1. The number of benzene rings is 3. The molecule has 0 atom stereocenters. The van der Waals surface area contributed by atoms with Gasteiger partial charge < -0.3 is 9.84 Å². The van der Waals surface area contributed by atoms with Crippen molar-refractivity contribution in [3.05, 3.63) is 101 Å². The van der Waals surface area contributed by atoms with E-state index in [1.54, 1.807) is 18.2 Å². The van der Waals surface area contributed by atoms with Gasteiger partial charge in [-0.05, 0) is 74.0 Å². The lowest BCUT2D eigenvalue weighted by Crippen LogP contribution is -2.30. The van der Waals surface area contributed by atoms with Crippen LogP contribution in [0.15, 0.2) is 78.9 Å². The fourth-order valence-electron chi connectivity index (χ4n) is 4.20. The standard InChI is InChI=1S/C31H39NO3/c1-26-23-29(18-19-30(26)33)31(34)25-32(24-28-15-8-5-9-16-28)20-10-2-3-11-21-35-22-12-17-27-13-6-4-7-14-27/h4-9,13-16,18-19,23,33H,2-3,10-12,17,20-22,24-25H2,1H3. The van der Waals surface area contributed by atoms with Crippen LogP contribution in [0.25, 0.3) is 0 Å². The van der Waals surface area contributed by atoms with E-state index in [4.69, 9.17) is 4.74 Å². The molecular formula is C31H39NO3. The van der Waals surface area contributed by atoms with E-state index in [2.05, 4.69) is 47.4 Å². The number of aryl methyl sites for hydroxylation is 2. The normalized spacial score (nSPS) is 11.1. The number of ether oxygens (including phenoxy) is 1. The molecule has 0 heterocycles. The fourth-order valence-corrected chi connectivity index (χ4v) is 4.20. The Morgan fingerprint density at radius 1 is 0.800 bits per heavy atom. The van der Waals surface area contributed by atoms with Crippen LogP contribution in [0.4, 0.5) is 0 Å². The lowest BCUT2D eigenvalue weighted by molar-refractivity contribution is 0.0923. The topological polar surface area (TPSA) is 49.8 Å². The molecule has 0 amide bonds. The number of Topliss-reactive ketones (excluding diaryl/α,β-unsaturated/α-hetero) is 1. The lowest BCUT2D eigenvalue weighted by atomic mass is 10.1. The Bertz CT molecular complexity index is 1000. The van der Waals surface area contributed by atoms with Crippen LogP contribution in [-0.2, 0) is 17.7 Å². The summed E-state index contributed by atoms with van der Waals surface area (Å²) in [5.41, 5.74) is 3.97. The van der Waals surface area contributed by atoms with Crippen LogP contribution in [0.1, 0.15) is 59.2 Å². The van der Waals surface area contributed by atoms with Crippen LogP contribution in [0, 0.1) is 6.92 Å². The second kappa shape index (κ2) is 15.1. The van der Waals surface area contributed by atoms with Gasteiger partial charge in [-0.25, -0.2) is 0 Å². The molecule has 0 aliphatic rings. The molecule has 0 saturated heterocycles. The predicted octanol–water partition coefficient (Wildman–Crippen LogP) is 6.60. The highest BCUT2D eigenvalue weighted by atomic mass is 16.5. The van der Waals surface area contributed by atoms with Crippen molar-refractivity contribution in [3.63, 3.8) is 0 Å². The molecule has 0 aliphatic heterocycles. The third-order valence-electron chi connectivity index (χ3n) is 6.24. The SMILES string of the molecule is Cc1cc(C(=O)CN(CCCCCCOCCCc2ccccc2)Cc2ccccc2)ccc1O. The molecule has 0 bridgehead atoms. The summed E-state index contributed by atoms with van der Waals surface area (Å²) in [7, 11) is 0. The van der Waals surface area contributed by atoms with Gasteiger partial charge in [-0.1, -0.05) is 73.5 Å². The van der Waals surface area contributed by atoms with E-state index in [0.29, 0.717) is 12.1 Å². The van der Waals surface area contributed by atoms with Crippen molar-refractivity contribution >= 4 is 5.78 Å². The summed E-state index contributed by atoms with van der Waals surface area (Å²) in [6.07, 6.45) is 6.54. The van der Waals surface area contributed by atoms with Gasteiger partial charge in [-0.15, -0.1) is 0 Å². The van der Waals surface area contributed by atoms with Gasteiger partial charge in [0.15, 0.2) is 5.78 Å². The first-order chi connectivity index (χ1) is 17.1. The van der Waals surface area contributed by atoms with Crippen LogP contribution in [0.2, 0.25) is 0 Å². The molecule has 4 nitrogen and oxygen atoms in total. The molecule has 0 fully saturated rings. The maximum absolute atomic E-state index is 12.9. The highest BCUT2D eigenvalue weighted by Gasteiger charge is 2.14. The van der Waals surface area contributed by atoms with Crippen molar-refractivity contribution in [3.8, 4) is 5.75 Å². The minimum atomic E-state index is 0.0907. The van der Waals surface area contributed by atoms with Gasteiger partial charge in [0.1, 0.15) is 5.75 Å². The Hall–Kier alpha value is -2.95. The van der Waals surface area contributed by atoms with Gasteiger partial charge in [0.05, 0.1) is 6.54 Å². The number of carbonyl (C=O) groups is 1. The molecule has 4 heteroatoms. The second-order valence-electron chi connectivity index (χ2n) is 9.24. The zero-order valence-electron chi connectivity index (χ0n) is 21.0. The highest BCUT2D eigenvalue weighted by Crippen LogP contribution is 2.18. The second-order valence-corrected chi connectivity index (χ2v) is 9.24. The zero-order valence-corrected chi connectivity index (χ0v) is 21.0. The Kier molecular flexibility index (Phi) is 11.5. The Morgan fingerprint density at radius 2 is 1.46 bits per heavy atom. The summed E-state index contributed by atoms with van der Waals surface area (Å²) in [5, 5.41) is 9.77. The molecule has 3 rings (SSSR count). The average Bonchev–Trinajstić information content (AvgIpc) is 2.88. The third kappa shape index (κ3) is 10.1. The fraction of sp³-hybridized carbons (Fsp3) is 0.387. The maximum Gasteiger partial charge on any atom is 0.176 e. The van der Waals surface area contributed by atoms with Crippen molar-refractivity contribution in [2.45, 2.75) is 52.0 Å². The summed E-state index contributed by atoms with van der Waals surface area (Å²) >= 11 is 0. The van der Waals surface area contributed by atoms with E-state index in [1.807, 2.05) is 25.1 Å². The number of hydrogen-bond acceptors (Lipinski definition) is 4. The van der Waals surface area contributed by atoms with E-state index >= 15 is 0 Å². The van der Waals surface area contributed by atoms with Crippen LogP contribution in [0.5, 0.6) is 5.75 Å². The first kappa shape index (κ1) is 26.7. The number of unbranched alkanes of at least 4 members (excludes halogenated alkanes) is 3. The molecule has 3 aromatic carbocycles. The summed E-state index contributed by atoms with van der Waals surface area (Å²) in [5.74, 6) is 0.316. The number of nitrogens with zero attached hydrogens (tertiary/aromatic N) is 1. The molecule has 1 N–H and O–H groups in total. The molecule has 0 unspecified atom stereocenters. The van der Waals surface area contributed by atoms with Gasteiger partial charge in [0, 0.05) is 25.3 Å². The lowest BCUT2D eigenvalue weighted by Gasteiger charge is -2.22. The number of ketones is 1. The average molecular weight is 474 g/mol. The van der Waals surface area contributed by atoms with E-state index < -0.39 is 0 Å². The quantitative estimate of drug-likeness (QED) is 0.188. The summed E-state index contributed by atoms with van der Waals surface area (Å²) in [6, 6.07) is 26.0. The van der Waals surface area contributed by atoms with Crippen LogP contribution in [-0.4, -0.2) is 42.1 Å². The van der Waals surface area contributed by atoms with Crippen LogP contribution in [0.3, 0.4) is 0 Å². The molecule has 0 radical (unpaired) electrons. The molecule has 186 valence electrons. The third-order valence-corrected chi connectivity index (χ3v) is 6.24. The smallest absolute Gasteiger partial charge is 0.176 e. The number of carbonyl (C=O) groups excluding carboxylic acids is 1. The molecule has 35 heavy (non-hydrogen) atoms. The van der Waals surface area contributed by atoms with Crippen molar-refractivity contribution in [1.29, 1.82) is 0 Å². The Labute approximate surface area is 210 Å². The molecule has 0 saturated carbocycles. The zero-order chi connectivity index (χ0) is 24.7. The van der Waals surface area contributed by atoms with Gasteiger partial charge >= 0.3 is 0 Å². The predicted molar refractivity (Wildman–Crippen MR) is 143 cm³/mol. The van der Waals surface area contributed by atoms with Gasteiger partial charge in [-0.3, -0.25) is 9.69 Å². The molecule has 0 aliphatic carbocycles. The Balaban J connectivity index is 1.35. The number of rotatable bonds is 16. The molecule has 0 spiro atoms. The largest absolute Gasteiger partial charge is 0.508 e. The van der Waals surface area contributed by atoms with Gasteiger partial charge in [0.2, 0.25) is 0 Å². The molecular weight excluding hydrogens is 434 g/mol. The van der Waals surface area contributed by atoms with Crippen LogP contribution < -0.4 is 0 Å². The van der Waals surface area contributed by atoms with Crippen molar-refractivity contribution in [2.24, 2.45) is 0 Å². The molecule has 3 aromatic rings. The van der Waals surface area contributed by atoms with Crippen molar-refractivity contribution in [2.75, 3.05) is 26.3 Å². The minimum Gasteiger partial charge on any atom is -0.508 e. The Morgan fingerprint density at radius 3 is 2.17 bits per heavy atom. The monoisotopic (exact) mass is 473 g/mol.